The molecule has 3 aromatic rings. The number of hydrogen-bond acceptors (Lipinski definition) is 4. The fourth-order valence-electron chi connectivity index (χ4n) is 4.50. The van der Waals surface area contributed by atoms with Crippen molar-refractivity contribution in [1.82, 2.24) is 4.98 Å². The number of hydrogen-bond donors (Lipinski definition) is 4. The zero-order chi connectivity index (χ0) is 23.4. The SMILES string of the molecule is CC[C@@H]1C[C@](O)(C(F)(F)F)[C@@H](Nc2cc(F)cc3[nH]c(=O)ccc23)c2cc(Br)cc(O)c21. The van der Waals surface area contributed by atoms with Gasteiger partial charge in [0.15, 0.2) is 5.60 Å². The minimum absolute atomic E-state index is 0.0377. The number of aromatic amines is 1. The molecule has 0 spiro atoms. The van der Waals surface area contributed by atoms with Crippen LogP contribution in [0.25, 0.3) is 10.9 Å². The summed E-state index contributed by atoms with van der Waals surface area (Å²) in [4.78, 5) is 14.1. The summed E-state index contributed by atoms with van der Waals surface area (Å²) < 4.78 is 57.3. The van der Waals surface area contributed by atoms with Crippen molar-refractivity contribution in [3.8, 4) is 5.75 Å². The van der Waals surface area contributed by atoms with Gasteiger partial charge in [-0.15, -0.1) is 0 Å². The molecule has 0 saturated carbocycles. The quantitative estimate of drug-likeness (QED) is 0.348. The first-order valence-electron chi connectivity index (χ1n) is 9.85. The van der Waals surface area contributed by atoms with E-state index in [2.05, 4.69) is 26.2 Å². The van der Waals surface area contributed by atoms with Crippen LogP contribution in [0.1, 0.15) is 42.9 Å². The van der Waals surface area contributed by atoms with Gasteiger partial charge in [0, 0.05) is 27.2 Å². The van der Waals surface area contributed by atoms with Gasteiger partial charge in [-0.05, 0) is 54.7 Å². The maximum absolute atomic E-state index is 14.3. The van der Waals surface area contributed by atoms with Crippen molar-refractivity contribution in [3.05, 3.63) is 68.2 Å². The zero-order valence-corrected chi connectivity index (χ0v) is 18.3. The standard InChI is InChI=1S/C22H19BrF4N2O3/c1-2-10-9-21(32,22(25,26)27)20(14-5-11(23)6-17(30)19(10)14)29-16-8-12(24)7-15-13(16)3-4-18(31)28-15/h3-8,10,20,29-30,32H,2,9H2,1H3,(H,28,31)/t10-,20+,21-/m1/s1. The summed E-state index contributed by atoms with van der Waals surface area (Å²) in [6, 6.07) is 5.64. The minimum atomic E-state index is -5.02. The van der Waals surface area contributed by atoms with Crippen molar-refractivity contribution in [2.24, 2.45) is 0 Å². The second-order valence-corrected chi connectivity index (χ2v) is 8.89. The van der Waals surface area contributed by atoms with Crippen LogP contribution in [0.5, 0.6) is 5.75 Å². The van der Waals surface area contributed by atoms with E-state index in [1.807, 2.05) is 0 Å². The molecule has 5 nitrogen and oxygen atoms in total. The molecule has 170 valence electrons. The fourth-order valence-corrected chi connectivity index (χ4v) is 4.96. The molecule has 0 bridgehead atoms. The number of nitrogens with one attached hydrogen (secondary N) is 2. The largest absolute Gasteiger partial charge is 0.508 e. The van der Waals surface area contributed by atoms with Gasteiger partial charge >= 0.3 is 6.18 Å². The highest BCUT2D eigenvalue weighted by atomic mass is 79.9. The van der Waals surface area contributed by atoms with E-state index in [-0.39, 0.29) is 34.3 Å². The smallest absolute Gasteiger partial charge is 0.419 e. The number of fused-ring (bicyclic) bond motifs is 2. The first-order chi connectivity index (χ1) is 14.9. The number of pyridine rings is 1. The summed E-state index contributed by atoms with van der Waals surface area (Å²) in [6.45, 7) is 1.68. The number of aliphatic hydroxyl groups is 1. The first-order valence-corrected chi connectivity index (χ1v) is 10.6. The van der Waals surface area contributed by atoms with Crippen molar-refractivity contribution in [1.29, 1.82) is 0 Å². The Morgan fingerprint density at radius 1 is 1.25 bits per heavy atom. The molecule has 0 radical (unpaired) electrons. The number of aromatic nitrogens is 1. The normalized spacial score (nSPS) is 23.2. The number of H-pyrrole nitrogens is 1. The highest BCUT2D eigenvalue weighted by molar-refractivity contribution is 9.10. The van der Waals surface area contributed by atoms with Crippen LogP contribution in [0, 0.1) is 5.82 Å². The zero-order valence-electron chi connectivity index (χ0n) is 16.7. The van der Waals surface area contributed by atoms with E-state index in [0.29, 0.717) is 10.0 Å². The number of rotatable bonds is 3. The predicted molar refractivity (Wildman–Crippen MR) is 115 cm³/mol. The minimum Gasteiger partial charge on any atom is -0.508 e. The topological polar surface area (TPSA) is 85.4 Å². The molecule has 0 saturated heterocycles. The molecule has 10 heteroatoms. The van der Waals surface area contributed by atoms with E-state index < -0.39 is 41.5 Å². The highest BCUT2D eigenvalue weighted by Gasteiger charge is 2.62. The van der Waals surface area contributed by atoms with Gasteiger partial charge in [-0.2, -0.15) is 13.2 Å². The molecule has 1 aromatic heterocycles. The van der Waals surface area contributed by atoms with Crippen molar-refractivity contribution in [3.63, 3.8) is 0 Å². The Labute approximate surface area is 188 Å². The third-order valence-corrected chi connectivity index (χ3v) is 6.45. The van der Waals surface area contributed by atoms with E-state index in [1.54, 1.807) is 6.92 Å². The highest BCUT2D eigenvalue weighted by Crippen LogP contribution is 2.55. The van der Waals surface area contributed by atoms with E-state index in [4.69, 9.17) is 0 Å². The van der Waals surface area contributed by atoms with E-state index in [9.17, 15) is 32.6 Å². The molecule has 2 aromatic carbocycles. The van der Waals surface area contributed by atoms with Crippen LogP contribution in [-0.4, -0.2) is 27.0 Å². The third kappa shape index (κ3) is 3.65. The summed E-state index contributed by atoms with van der Waals surface area (Å²) in [5.74, 6) is -1.72. The number of anilines is 1. The molecule has 0 aliphatic heterocycles. The van der Waals surface area contributed by atoms with Gasteiger partial charge in [-0.25, -0.2) is 4.39 Å². The molecule has 1 heterocycles. The molecule has 3 atom stereocenters. The molecule has 1 aliphatic rings. The average Bonchev–Trinajstić information content (AvgIpc) is 2.68. The van der Waals surface area contributed by atoms with Crippen molar-refractivity contribution >= 4 is 32.5 Å². The van der Waals surface area contributed by atoms with Gasteiger partial charge in [-0.1, -0.05) is 22.9 Å². The summed E-state index contributed by atoms with van der Waals surface area (Å²) in [7, 11) is 0. The van der Waals surface area contributed by atoms with Crippen LogP contribution in [-0.2, 0) is 0 Å². The lowest BCUT2D eigenvalue weighted by Gasteiger charge is -2.46. The Morgan fingerprint density at radius 2 is 1.97 bits per heavy atom. The van der Waals surface area contributed by atoms with E-state index in [0.717, 1.165) is 12.1 Å². The molecule has 4 rings (SSSR count). The van der Waals surface area contributed by atoms with Gasteiger partial charge in [0.05, 0.1) is 11.6 Å². The van der Waals surface area contributed by atoms with Crippen LogP contribution >= 0.6 is 15.9 Å². The number of alkyl halides is 3. The Kier molecular flexibility index (Phi) is 5.49. The van der Waals surface area contributed by atoms with E-state index in [1.165, 1.54) is 24.3 Å². The molecule has 1 aliphatic carbocycles. The molecular formula is C22H19BrF4N2O3. The van der Waals surface area contributed by atoms with Gasteiger partial charge < -0.3 is 20.5 Å². The van der Waals surface area contributed by atoms with Gasteiger partial charge in [0.1, 0.15) is 11.6 Å². The van der Waals surface area contributed by atoms with Crippen LogP contribution in [0.2, 0.25) is 0 Å². The maximum Gasteiger partial charge on any atom is 0.419 e. The monoisotopic (exact) mass is 514 g/mol. The van der Waals surface area contributed by atoms with Crippen molar-refractivity contribution in [2.45, 2.75) is 43.5 Å². The second-order valence-electron chi connectivity index (χ2n) is 7.97. The number of benzene rings is 2. The Bertz CT molecular complexity index is 1260. The van der Waals surface area contributed by atoms with Crippen LogP contribution in [0.3, 0.4) is 0 Å². The lowest BCUT2D eigenvalue weighted by molar-refractivity contribution is -0.272. The summed E-state index contributed by atoms with van der Waals surface area (Å²) in [5, 5.41) is 24.5. The van der Waals surface area contributed by atoms with Crippen LogP contribution in [0.4, 0.5) is 23.2 Å². The summed E-state index contributed by atoms with van der Waals surface area (Å²) in [6.07, 6.45) is -5.44. The first kappa shape index (κ1) is 22.6. The van der Waals surface area contributed by atoms with Crippen LogP contribution in [0.15, 0.2) is 45.7 Å². The van der Waals surface area contributed by atoms with Crippen molar-refractivity contribution in [2.75, 3.05) is 5.32 Å². The predicted octanol–water partition coefficient (Wildman–Crippen LogP) is 5.48. The second kappa shape index (κ2) is 7.77. The summed E-state index contributed by atoms with van der Waals surface area (Å²) >= 11 is 3.19. The third-order valence-electron chi connectivity index (χ3n) is 6.00. The van der Waals surface area contributed by atoms with Gasteiger partial charge in [0.2, 0.25) is 5.56 Å². The molecule has 0 amide bonds. The molecule has 0 unspecified atom stereocenters. The number of phenolic OH excluding ortho intramolecular Hbond substituents is 1. The van der Waals surface area contributed by atoms with Crippen LogP contribution < -0.4 is 10.9 Å². The molecule has 0 fully saturated rings. The molecular weight excluding hydrogens is 496 g/mol. The van der Waals surface area contributed by atoms with Crippen molar-refractivity contribution < 1.29 is 27.8 Å². The number of aromatic hydroxyl groups is 1. The Morgan fingerprint density at radius 3 is 2.62 bits per heavy atom. The molecule has 4 N–H and O–H groups in total. The molecule has 32 heavy (non-hydrogen) atoms. The summed E-state index contributed by atoms with van der Waals surface area (Å²) in [5.41, 5.74) is -3.29. The number of halogens is 5. The Hall–Kier alpha value is -2.59. The lowest BCUT2D eigenvalue weighted by atomic mass is 9.69. The fraction of sp³-hybridized carbons (Fsp3) is 0.318. The maximum atomic E-state index is 14.3. The Balaban J connectivity index is 1.97. The average molecular weight is 515 g/mol. The van der Waals surface area contributed by atoms with E-state index >= 15 is 0 Å². The van der Waals surface area contributed by atoms with Gasteiger partial charge in [0.25, 0.3) is 0 Å². The van der Waals surface area contributed by atoms with Gasteiger partial charge in [-0.3, -0.25) is 4.79 Å². The lowest BCUT2D eigenvalue weighted by Crippen LogP contribution is -2.55. The number of phenols is 1.